The topological polar surface area (TPSA) is 67.5 Å². The first-order chi connectivity index (χ1) is 7.19. The van der Waals surface area contributed by atoms with Gasteiger partial charge in [0.25, 0.3) is 5.91 Å². The third kappa shape index (κ3) is 3.03. The summed E-state index contributed by atoms with van der Waals surface area (Å²) in [6.07, 6.45) is 1.12. The minimum atomic E-state index is -0.415. The molecule has 1 N–H and O–H groups in total. The Bertz CT molecular complexity index is 296. The number of amides is 1. The lowest BCUT2D eigenvalue weighted by Crippen LogP contribution is -2.36. The van der Waals surface area contributed by atoms with Crippen LogP contribution in [-0.2, 0) is 9.47 Å². The number of H-pyrrole nitrogens is 1. The fourth-order valence-corrected chi connectivity index (χ4v) is 1.13. The third-order valence-corrected chi connectivity index (χ3v) is 2.03. The fraction of sp³-hybridized carbons (Fsp3) is 0.556. The summed E-state index contributed by atoms with van der Waals surface area (Å²) in [5.41, 5.74) is 0.448. The molecule has 1 aromatic heterocycles. The quantitative estimate of drug-likeness (QED) is 0.704. The van der Waals surface area contributed by atoms with Crippen molar-refractivity contribution in [3.63, 3.8) is 0 Å². The summed E-state index contributed by atoms with van der Waals surface area (Å²) in [7, 11) is 4.74. The first-order valence-corrected chi connectivity index (χ1v) is 4.49. The van der Waals surface area contributed by atoms with Crippen LogP contribution in [0.25, 0.3) is 0 Å². The van der Waals surface area contributed by atoms with Crippen molar-refractivity contribution in [3.8, 4) is 0 Å². The molecular weight excluding hydrogens is 198 g/mol. The van der Waals surface area contributed by atoms with Gasteiger partial charge in [-0.15, -0.1) is 0 Å². The van der Waals surface area contributed by atoms with Crippen LogP contribution in [0.4, 0.5) is 0 Å². The molecule has 0 radical (unpaired) electrons. The van der Waals surface area contributed by atoms with E-state index < -0.39 is 6.29 Å². The highest BCUT2D eigenvalue weighted by Gasteiger charge is 2.16. The van der Waals surface area contributed by atoms with Crippen LogP contribution in [0.1, 0.15) is 10.5 Å². The van der Waals surface area contributed by atoms with Gasteiger partial charge in [-0.3, -0.25) is 9.89 Å². The third-order valence-electron chi connectivity index (χ3n) is 2.03. The van der Waals surface area contributed by atoms with Gasteiger partial charge in [0.15, 0.2) is 6.29 Å². The highest BCUT2D eigenvalue weighted by molar-refractivity contribution is 5.91. The van der Waals surface area contributed by atoms with E-state index in [1.807, 2.05) is 0 Å². The number of carbonyl (C=O) groups is 1. The van der Waals surface area contributed by atoms with E-state index in [1.165, 1.54) is 25.3 Å². The number of aromatic amines is 1. The van der Waals surface area contributed by atoms with Gasteiger partial charge in [-0.1, -0.05) is 0 Å². The Morgan fingerprint density at radius 3 is 2.73 bits per heavy atom. The van der Waals surface area contributed by atoms with Gasteiger partial charge in [-0.2, -0.15) is 5.10 Å². The molecule has 0 fully saturated rings. The predicted octanol–water partition coefficient (Wildman–Crippen LogP) is 0.101. The van der Waals surface area contributed by atoms with Crippen LogP contribution < -0.4 is 0 Å². The molecule has 0 aromatic carbocycles. The summed E-state index contributed by atoms with van der Waals surface area (Å²) in [4.78, 5) is 13.2. The summed E-state index contributed by atoms with van der Waals surface area (Å²) in [5.74, 6) is -0.147. The van der Waals surface area contributed by atoms with E-state index in [-0.39, 0.29) is 5.91 Å². The standard InChI is InChI=1S/C9H15N3O3/c1-12(6-8(14-2)15-3)9(13)7-4-5-10-11-7/h4-5,8H,6H2,1-3H3,(H,10,11). The zero-order chi connectivity index (χ0) is 11.3. The zero-order valence-electron chi connectivity index (χ0n) is 9.06. The number of hydrogen-bond donors (Lipinski definition) is 1. The Morgan fingerprint density at radius 2 is 2.27 bits per heavy atom. The monoisotopic (exact) mass is 213 g/mol. The van der Waals surface area contributed by atoms with Gasteiger partial charge in [0.05, 0.1) is 6.54 Å². The fourth-order valence-electron chi connectivity index (χ4n) is 1.13. The molecule has 0 spiro atoms. The molecular formula is C9H15N3O3. The van der Waals surface area contributed by atoms with Crippen LogP contribution in [0.2, 0.25) is 0 Å². The Morgan fingerprint density at radius 1 is 1.60 bits per heavy atom. The zero-order valence-corrected chi connectivity index (χ0v) is 9.06. The van der Waals surface area contributed by atoms with Gasteiger partial charge in [0.1, 0.15) is 5.69 Å². The Kier molecular flexibility index (Phi) is 4.26. The predicted molar refractivity (Wildman–Crippen MR) is 53.4 cm³/mol. The van der Waals surface area contributed by atoms with Crippen LogP contribution in [0.3, 0.4) is 0 Å². The van der Waals surface area contributed by atoms with E-state index in [9.17, 15) is 4.79 Å². The van der Waals surface area contributed by atoms with E-state index in [1.54, 1.807) is 13.1 Å². The molecule has 6 heteroatoms. The van der Waals surface area contributed by atoms with Crippen molar-refractivity contribution in [1.29, 1.82) is 0 Å². The number of methoxy groups -OCH3 is 2. The van der Waals surface area contributed by atoms with Gasteiger partial charge >= 0.3 is 0 Å². The number of nitrogens with zero attached hydrogens (tertiary/aromatic N) is 2. The maximum Gasteiger partial charge on any atom is 0.271 e. The summed E-state index contributed by atoms with van der Waals surface area (Å²) in [5, 5.41) is 6.31. The van der Waals surface area contributed by atoms with E-state index in [0.717, 1.165) is 0 Å². The summed E-state index contributed by atoms with van der Waals surface area (Å²) >= 11 is 0. The molecule has 1 amide bonds. The lowest BCUT2D eigenvalue weighted by atomic mass is 10.3. The highest BCUT2D eigenvalue weighted by Crippen LogP contribution is 2.01. The van der Waals surface area contributed by atoms with Crippen molar-refractivity contribution in [2.75, 3.05) is 27.8 Å². The van der Waals surface area contributed by atoms with Crippen LogP contribution in [0, 0.1) is 0 Å². The van der Waals surface area contributed by atoms with Crippen LogP contribution in [-0.4, -0.2) is 55.1 Å². The second kappa shape index (κ2) is 5.47. The van der Waals surface area contributed by atoms with Gasteiger partial charge in [0.2, 0.25) is 0 Å². The first-order valence-electron chi connectivity index (χ1n) is 4.49. The number of carbonyl (C=O) groups excluding carboxylic acids is 1. The molecule has 0 saturated carbocycles. The van der Waals surface area contributed by atoms with Crippen molar-refractivity contribution in [1.82, 2.24) is 15.1 Å². The summed E-state index contributed by atoms with van der Waals surface area (Å²) in [6, 6.07) is 1.62. The summed E-state index contributed by atoms with van der Waals surface area (Å²) in [6.45, 7) is 0.366. The molecule has 1 aromatic rings. The highest BCUT2D eigenvalue weighted by atomic mass is 16.7. The minimum absolute atomic E-state index is 0.147. The average molecular weight is 213 g/mol. The van der Waals surface area contributed by atoms with E-state index in [0.29, 0.717) is 12.2 Å². The number of nitrogens with one attached hydrogen (secondary N) is 1. The molecule has 84 valence electrons. The van der Waals surface area contributed by atoms with Crippen molar-refractivity contribution in [3.05, 3.63) is 18.0 Å². The number of aromatic nitrogens is 2. The van der Waals surface area contributed by atoms with Gasteiger partial charge in [-0.25, -0.2) is 0 Å². The smallest absolute Gasteiger partial charge is 0.271 e. The van der Waals surface area contributed by atoms with Crippen LogP contribution in [0.5, 0.6) is 0 Å². The van der Waals surface area contributed by atoms with Crippen LogP contribution in [0.15, 0.2) is 12.3 Å². The molecule has 1 heterocycles. The molecule has 1 rings (SSSR count). The van der Waals surface area contributed by atoms with Gasteiger partial charge in [0, 0.05) is 27.5 Å². The van der Waals surface area contributed by atoms with Crippen molar-refractivity contribution in [2.24, 2.45) is 0 Å². The van der Waals surface area contributed by atoms with Gasteiger partial charge < -0.3 is 14.4 Å². The van der Waals surface area contributed by atoms with E-state index in [4.69, 9.17) is 9.47 Å². The Labute approximate surface area is 88.2 Å². The lowest BCUT2D eigenvalue weighted by Gasteiger charge is -2.21. The second-order valence-corrected chi connectivity index (χ2v) is 3.06. The molecule has 0 saturated heterocycles. The maximum absolute atomic E-state index is 11.7. The van der Waals surface area contributed by atoms with E-state index >= 15 is 0 Å². The molecule has 0 atom stereocenters. The second-order valence-electron chi connectivity index (χ2n) is 3.06. The molecule has 6 nitrogen and oxygen atoms in total. The lowest BCUT2D eigenvalue weighted by molar-refractivity contribution is -0.110. The molecule has 15 heavy (non-hydrogen) atoms. The van der Waals surface area contributed by atoms with Crippen LogP contribution >= 0.6 is 0 Å². The number of hydrogen-bond acceptors (Lipinski definition) is 4. The van der Waals surface area contributed by atoms with Gasteiger partial charge in [-0.05, 0) is 6.07 Å². The Hall–Kier alpha value is -1.40. The number of likely N-dealkylation sites (N-methyl/N-ethyl adjacent to an activating group) is 1. The van der Waals surface area contributed by atoms with E-state index in [2.05, 4.69) is 10.2 Å². The first kappa shape index (κ1) is 11.7. The molecule has 0 unspecified atom stereocenters. The minimum Gasteiger partial charge on any atom is -0.354 e. The normalized spacial score (nSPS) is 10.7. The maximum atomic E-state index is 11.7. The average Bonchev–Trinajstić information content (AvgIpc) is 2.77. The Balaban J connectivity index is 2.53. The van der Waals surface area contributed by atoms with Crippen molar-refractivity contribution < 1.29 is 14.3 Å². The molecule has 0 aliphatic carbocycles. The summed E-state index contributed by atoms with van der Waals surface area (Å²) < 4.78 is 9.99. The molecule has 0 bridgehead atoms. The van der Waals surface area contributed by atoms with Crippen molar-refractivity contribution >= 4 is 5.91 Å². The number of ether oxygens (including phenoxy) is 2. The molecule has 0 aliphatic heterocycles. The SMILES string of the molecule is COC(CN(C)C(=O)c1ccn[nH]1)OC. The largest absolute Gasteiger partial charge is 0.354 e. The van der Waals surface area contributed by atoms with Crippen molar-refractivity contribution in [2.45, 2.75) is 6.29 Å². The number of rotatable bonds is 5. The molecule has 0 aliphatic rings.